The molecule has 0 aromatic heterocycles. The van der Waals surface area contributed by atoms with Crippen molar-refractivity contribution >= 4 is 0 Å². The number of benzene rings is 3. The molecule has 0 aliphatic carbocycles. The number of nitrogens with two attached hydrogens (primary N) is 1. The molecule has 0 saturated heterocycles. The van der Waals surface area contributed by atoms with E-state index in [4.69, 9.17) is 19.9 Å². The van der Waals surface area contributed by atoms with E-state index in [2.05, 4.69) is 0 Å². The Morgan fingerprint density at radius 2 is 1.43 bits per heavy atom. The van der Waals surface area contributed by atoms with Crippen LogP contribution in [-0.2, 0) is 22.7 Å². The predicted octanol–water partition coefficient (Wildman–Crippen LogP) is 3.86. The molecule has 2 atom stereocenters. The Hall–Kier alpha value is -2.70. The van der Waals surface area contributed by atoms with E-state index >= 15 is 0 Å². The Kier molecular flexibility index (Phi) is 8.87. The molecule has 0 heterocycles. The Balaban J connectivity index is 1.56. The van der Waals surface area contributed by atoms with Crippen molar-refractivity contribution < 1.29 is 19.3 Å². The molecule has 30 heavy (non-hydrogen) atoms. The SMILES string of the molecule is NC[C@@H](O)c1cccc(OC[C@@H](COCc2ccccc2)OCc2ccccc2)c1. The van der Waals surface area contributed by atoms with E-state index in [1.807, 2.05) is 78.9 Å². The molecule has 0 bridgehead atoms. The van der Waals surface area contributed by atoms with E-state index in [0.29, 0.717) is 32.2 Å². The van der Waals surface area contributed by atoms with Crippen LogP contribution in [0, 0.1) is 0 Å². The maximum atomic E-state index is 9.94. The second-order valence-electron chi connectivity index (χ2n) is 7.05. The van der Waals surface area contributed by atoms with Gasteiger partial charge in [0.15, 0.2) is 0 Å². The fraction of sp³-hybridized carbons (Fsp3) is 0.280. The van der Waals surface area contributed by atoms with E-state index in [0.717, 1.165) is 16.7 Å². The second-order valence-corrected chi connectivity index (χ2v) is 7.05. The molecule has 0 aliphatic heterocycles. The van der Waals surface area contributed by atoms with Gasteiger partial charge in [0.1, 0.15) is 18.5 Å². The summed E-state index contributed by atoms with van der Waals surface area (Å²) in [5.41, 5.74) is 8.49. The van der Waals surface area contributed by atoms with Crippen LogP contribution < -0.4 is 10.5 Å². The number of hydrogen-bond donors (Lipinski definition) is 2. The molecule has 0 unspecified atom stereocenters. The van der Waals surface area contributed by atoms with E-state index < -0.39 is 6.10 Å². The van der Waals surface area contributed by atoms with Gasteiger partial charge < -0.3 is 25.1 Å². The zero-order valence-corrected chi connectivity index (χ0v) is 17.0. The van der Waals surface area contributed by atoms with Crippen LogP contribution in [0.3, 0.4) is 0 Å². The molecule has 5 heteroatoms. The number of rotatable bonds is 12. The molecule has 158 valence electrons. The third-order valence-corrected chi connectivity index (χ3v) is 4.65. The van der Waals surface area contributed by atoms with E-state index in [1.54, 1.807) is 6.07 Å². The summed E-state index contributed by atoms with van der Waals surface area (Å²) in [6.07, 6.45) is -0.940. The second kappa shape index (κ2) is 12.1. The van der Waals surface area contributed by atoms with Gasteiger partial charge in [-0.2, -0.15) is 0 Å². The molecule has 0 fully saturated rings. The molecule has 3 aromatic rings. The maximum absolute atomic E-state index is 9.94. The highest BCUT2D eigenvalue weighted by Crippen LogP contribution is 2.19. The fourth-order valence-electron chi connectivity index (χ4n) is 2.95. The van der Waals surface area contributed by atoms with E-state index in [-0.39, 0.29) is 12.6 Å². The third-order valence-electron chi connectivity index (χ3n) is 4.65. The monoisotopic (exact) mass is 407 g/mol. The van der Waals surface area contributed by atoms with Gasteiger partial charge in [-0.05, 0) is 28.8 Å². The van der Waals surface area contributed by atoms with Crippen molar-refractivity contribution in [3.05, 3.63) is 102 Å². The van der Waals surface area contributed by atoms with Crippen LogP contribution in [0.15, 0.2) is 84.9 Å². The van der Waals surface area contributed by atoms with Crippen LogP contribution in [0.2, 0.25) is 0 Å². The number of hydrogen-bond acceptors (Lipinski definition) is 5. The zero-order valence-electron chi connectivity index (χ0n) is 17.0. The summed E-state index contributed by atoms with van der Waals surface area (Å²) < 4.78 is 17.9. The van der Waals surface area contributed by atoms with Gasteiger partial charge in [-0.25, -0.2) is 0 Å². The Bertz CT molecular complexity index is 857. The maximum Gasteiger partial charge on any atom is 0.119 e. The van der Waals surface area contributed by atoms with Gasteiger partial charge in [0.05, 0.1) is 25.9 Å². The molecule has 0 radical (unpaired) electrons. The summed E-state index contributed by atoms with van der Waals surface area (Å²) in [4.78, 5) is 0. The van der Waals surface area contributed by atoms with Crippen molar-refractivity contribution in [1.29, 1.82) is 0 Å². The Morgan fingerprint density at radius 3 is 2.10 bits per heavy atom. The first-order valence-electron chi connectivity index (χ1n) is 10.1. The quantitative estimate of drug-likeness (QED) is 0.477. The molecule has 0 amide bonds. The van der Waals surface area contributed by atoms with Gasteiger partial charge in [-0.15, -0.1) is 0 Å². The third kappa shape index (κ3) is 7.28. The summed E-state index contributed by atoms with van der Waals surface area (Å²) in [6.45, 7) is 1.91. The fourth-order valence-corrected chi connectivity index (χ4v) is 2.95. The van der Waals surface area contributed by atoms with Crippen molar-refractivity contribution in [3.63, 3.8) is 0 Å². The van der Waals surface area contributed by atoms with Gasteiger partial charge >= 0.3 is 0 Å². The van der Waals surface area contributed by atoms with Crippen LogP contribution >= 0.6 is 0 Å². The van der Waals surface area contributed by atoms with Crippen LogP contribution in [0.1, 0.15) is 22.8 Å². The number of ether oxygens (including phenoxy) is 3. The lowest BCUT2D eigenvalue weighted by atomic mass is 10.1. The Morgan fingerprint density at radius 1 is 0.767 bits per heavy atom. The highest BCUT2D eigenvalue weighted by atomic mass is 16.6. The highest BCUT2D eigenvalue weighted by molar-refractivity contribution is 5.30. The van der Waals surface area contributed by atoms with Crippen molar-refractivity contribution in [3.8, 4) is 5.75 Å². The zero-order chi connectivity index (χ0) is 21.0. The van der Waals surface area contributed by atoms with Crippen molar-refractivity contribution in [2.75, 3.05) is 19.8 Å². The average molecular weight is 408 g/mol. The van der Waals surface area contributed by atoms with Crippen LogP contribution in [0.5, 0.6) is 5.75 Å². The first-order valence-corrected chi connectivity index (χ1v) is 10.1. The lowest BCUT2D eigenvalue weighted by molar-refractivity contribution is -0.0489. The Labute approximate surface area is 178 Å². The molecule has 0 saturated carbocycles. The molecular formula is C25H29NO4. The summed E-state index contributed by atoms with van der Waals surface area (Å²) in [7, 11) is 0. The summed E-state index contributed by atoms with van der Waals surface area (Å²) >= 11 is 0. The molecule has 3 aromatic carbocycles. The topological polar surface area (TPSA) is 73.9 Å². The molecule has 3 N–H and O–H groups in total. The highest BCUT2D eigenvalue weighted by Gasteiger charge is 2.13. The first kappa shape index (κ1) is 22.0. The predicted molar refractivity (Wildman–Crippen MR) is 117 cm³/mol. The number of aliphatic hydroxyl groups is 1. The average Bonchev–Trinajstić information content (AvgIpc) is 2.81. The van der Waals surface area contributed by atoms with Crippen LogP contribution in [0.4, 0.5) is 0 Å². The van der Waals surface area contributed by atoms with Gasteiger partial charge in [0.2, 0.25) is 0 Å². The molecule has 0 aliphatic rings. The minimum absolute atomic E-state index is 0.166. The lowest BCUT2D eigenvalue weighted by Crippen LogP contribution is -2.27. The number of aliphatic hydroxyl groups excluding tert-OH is 1. The van der Waals surface area contributed by atoms with Gasteiger partial charge in [0.25, 0.3) is 0 Å². The first-order chi connectivity index (χ1) is 14.7. The molecule has 0 spiro atoms. The largest absolute Gasteiger partial charge is 0.491 e. The van der Waals surface area contributed by atoms with Crippen molar-refractivity contribution in [2.24, 2.45) is 5.73 Å². The van der Waals surface area contributed by atoms with Crippen molar-refractivity contribution in [2.45, 2.75) is 25.4 Å². The van der Waals surface area contributed by atoms with Crippen LogP contribution in [-0.4, -0.2) is 31.0 Å². The van der Waals surface area contributed by atoms with Crippen LogP contribution in [0.25, 0.3) is 0 Å². The van der Waals surface area contributed by atoms with Gasteiger partial charge in [0, 0.05) is 6.54 Å². The lowest BCUT2D eigenvalue weighted by Gasteiger charge is -2.19. The van der Waals surface area contributed by atoms with E-state index in [1.165, 1.54) is 0 Å². The molecule has 3 rings (SSSR count). The summed E-state index contributed by atoms with van der Waals surface area (Å²) in [6, 6.07) is 27.4. The summed E-state index contributed by atoms with van der Waals surface area (Å²) in [5, 5.41) is 9.94. The van der Waals surface area contributed by atoms with Gasteiger partial charge in [-0.1, -0.05) is 72.8 Å². The summed E-state index contributed by atoms with van der Waals surface area (Å²) in [5.74, 6) is 0.663. The molecular weight excluding hydrogens is 378 g/mol. The minimum Gasteiger partial charge on any atom is -0.491 e. The van der Waals surface area contributed by atoms with Gasteiger partial charge in [-0.3, -0.25) is 0 Å². The smallest absolute Gasteiger partial charge is 0.119 e. The van der Waals surface area contributed by atoms with E-state index in [9.17, 15) is 5.11 Å². The van der Waals surface area contributed by atoms with Crippen molar-refractivity contribution in [1.82, 2.24) is 0 Å². The normalized spacial score (nSPS) is 13.0. The standard InChI is InChI=1S/C25H29NO4/c26-15-25(27)22-12-7-13-23(14-22)30-19-24(29-17-21-10-5-2-6-11-21)18-28-16-20-8-3-1-4-9-20/h1-14,24-25,27H,15-19,26H2/t24-,25-/m1/s1. The molecule has 5 nitrogen and oxygen atoms in total. The minimum atomic E-state index is -0.701.